The molecule has 0 aliphatic carbocycles. The molecule has 5 nitrogen and oxygen atoms in total. The van der Waals surface area contributed by atoms with Crippen molar-refractivity contribution in [3.63, 3.8) is 0 Å². The lowest BCUT2D eigenvalue weighted by molar-refractivity contribution is 0.0563. The summed E-state index contributed by atoms with van der Waals surface area (Å²) in [5.41, 5.74) is 1.23. The summed E-state index contributed by atoms with van der Waals surface area (Å²) < 4.78 is 9.63. The Balaban J connectivity index is 2.26. The number of methoxy groups -OCH3 is 1. The fraction of sp³-hybridized carbons (Fsp3) is 0.154. The fourth-order valence-corrected chi connectivity index (χ4v) is 1.41. The number of carbonyl (C=O) groups excluding carboxylic acids is 2. The van der Waals surface area contributed by atoms with Crippen molar-refractivity contribution in [3.8, 4) is 0 Å². The fourth-order valence-electron chi connectivity index (χ4n) is 1.41. The predicted molar refractivity (Wildman–Crippen MR) is 62.5 cm³/mol. The van der Waals surface area contributed by atoms with Crippen LogP contribution in [-0.4, -0.2) is 23.8 Å². The van der Waals surface area contributed by atoms with Gasteiger partial charge in [0, 0.05) is 17.5 Å². The normalized spacial score (nSPS) is 10.1. The zero-order valence-electron chi connectivity index (χ0n) is 9.97. The maximum atomic E-state index is 12.0. The van der Waals surface area contributed by atoms with Crippen molar-refractivity contribution in [2.45, 2.75) is 6.92 Å². The Labute approximate surface area is 103 Å². The highest BCUT2D eigenvalue weighted by molar-refractivity contribution is 6.07. The number of hydrogen-bond donors (Lipinski definition) is 0. The van der Waals surface area contributed by atoms with Gasteiger partial charge in [0.2, 0.25) is 11.5 Å². The van der Waals surface area contributed by atoms with E-state index in [4.69, 9.17) is 4.42 Å². The van der Waals surface area contributed by atoms with Crippen molar-refractivity contribution in [2.75, 3.05) is 7.11 Å². The van der Waals surface area contributed by atoms with Crippen molar-refractivity contribution in [2.24, 2.45) is 0 Å². The van der Waals surface area contributed by atoms with E-state index in [1.807, 2.05) is 6.92 Å². The topological polar surface area (TPSA) is 69.4 Å². The third kappa shape index (κ3) is 2.29. The van der Waals surface area contributed by atoms with Crippen LogP contribution in [0.15, 0.2) is 34.9 Å². The molecule has 0 amide bonds. The highest BCUT2D eigenvalue weighted by Gasteiger charge is 2.17. The molecule has 2 rings (SSSR count). The number of furan rings is 1. The molecule has 0 unspecified atom stereocenters. The zero-order valence-corrected chi connectivity index (χ0v) is 9.97. The van der Waals surface area contributed by atoms with Gasteiger partial charge in [-0.2, -0.15) is 0 Å². The van der Waals surface area contributed by atoms with E-state index in [0.717, 1.165) is 5.69 Å². The summed E-state index contributed by atoms with van der Waals surface area (Å²) >= 11 is 0. The smallest absolute Gasteiger partial charge is 0.373 e. The molecule has 0 N–H and O–H groups in total. The standard InChI is InChI=1S/C13H11NO4/c1-8-3-4-9(7-14-8)12(15)10-5-6-11(18-10)13(16)17-2/h3-7H,1-2H3. The lowest BCUT2D eigenvalue weighted by atomic mass is 10.1. The van der Waals surface area contributed by atoms with E-state index in [1.54, 1.807) is 12.1 Å². The second-order valence-electron chi connectivity index (χ2n) is 3.67. The third-order valence-corrected chi connectivity index (χ3v) is 2.39. The zero-order chi connectivity index (χ0) is 13.1. The number of hydrogen-bond acceptors (Lipinski definition) is 5. The van der Waals surface area contributed by atoms with Gasteiger partial charge in [0.25, 0.3) is 0 Å². The van der Waals surface area contributed by atoms with Gasteiger partial charge in [-0.05, 0) is 31.2 Å². The number of ketones is 1. The van der Waals surface area contributed by atoms with Crippen LogP contribution in [0.2, 0.25) is 0 Å². The van der Waals surface area contributed by atoms with Gasteiger partial charge >= 0.3 is 5.97 Å². The number of carbonyl (C=O) groups is 2. The summed E-state index contributed by atoms with van der Waals surface area (Å²) in [5.74, 6) is -0.851. The molecule has 2 heterocycles. The van der Waals surface area contributed by atoms with Crippen LogP contribution in [0.1, 0.15) is 32.4 Å². The van der Waals surface area contributed by atoms with E-state index in [-0.39, 0.29) is 17.3 Å². The summed E-state index contributed by atoms with van der Waals surface area (Å²) in [6.07, 6.45) is 1.47. The first-order valence-corrected chi connectivity index (χ1v) is 5.27. The molecule has 5 heteroatoms. The van der Waals surface area contributed by atoms with E-state index in [9.17, 15) is 9.59 Å². The van der Waals surface area contributed by atoms with Crippen molar-refractivity contribution >= 4 is 11.8 Å². The second-order valence-corrected chi connectivity index (χ2v) is 3.67. The average molecular weight is 245 g/mol. The van der Waals surface area contributed by atoms with E-state index >= 15 is 0 Å². The molecule has 0 spiro atoms. The SMILES string of the molecule is COC(=O)c1ccc(C(=O)c2ccc(C)nc2)o1. The minimum absolute atomic E-state index is 0.000853. The lowest BCUT2D eigenvalue weighted by Gasteiger charge is -1.98. The Kier molecular flexibility index (Phi) is 3.23. The Morgan fingerprint density at radius 1 is 1.17 bits per heavy atom. The summed E-state index contributed by atoms with van der Waals surface area (Å²) in [4.78, 5) is 27.2. The Hall–Kier alpha value is -2.43. The van der Waals surface area contributed by atoms with Gasteiger partial charge in [0.1, 0.15) is 0 Å². The van der Waals surface area contributed by atoms with E-state index < -0.39 is 5.97 Å². The second kappa shape index (κ2) is 4.83. The molecule has 0 radical (unpaired) electrons. The molecule has 92 valence electrons. The van der Waals surface area contributed by atoms with E-state index in [0.29, 0.717) is 5.56 Å². The van der Waals surface area contributed by atoms with Gasteiger partial charge in [-0.1, -0.05) is 0 Å². The van der Waals surface area contributed by atoms with Crippen LogP contribution < -0.4 is 0 Å². The molecule has 0 fully saturated rings. The van der Waals surface area contributed by atoms with Crippen LogP contribution in [0.25, 0.3) is 0 Å². The molecule has 0 saturated carbocycles. The van der Waals surface area contributed by atoms with Crippen LogP contribution >= 0.6 is 0 Å². The third-order valence-electron chi connectivity index (χ3n) is 2.39. The lowest BCUT2D eigenvalue weighted by Crippen LogP contribution is -2.02. The highest BCUT2D eigenvalue weighted by Crippen LogP contribution is 2.14. The Bertz CT molecular complexity index is 583. The number of pyridine rings is 1. The van der Waals surface area contributed by atoms with Gasteiger partial charge in [-0.15, -0.1) is 0 Å². The van der Waals surface area contributed by atoms with Crippen LogP contribution in [0.3, 0.4) is 0 Å². The molecule has 0 bridgehead atoms. The van der Waals surface area contributed by atoms with Gasteiger partial charge in [-0.3, -0.25) is 9.78 Å². The molecule has 2 aromatic rings. The monoisotopic (exact) mass is 245 g/mol. The summed E-state index contributed by atoms with van der Waals surface area (Å²) in [7, 11) is 1.25. The first-order chi connectivity index (χ1) is 8.61. The molecule has 2 aromatic heterocycles. The highest BCUT2D eigenvalue weighted by atomic mass is 16.5. The molecule has 0 saturated heterocycles. The van der Waals surface area contributed by atoms with E-state index in [2.05, 4.69) is 9.72 Å². The van der Waals surface area contributed by atoms with Gasteiger partial charge < -0.3 is 9.15 Å². The number of aromatic nitrogens is 1. The Morgan fingerprint density at radius 2 is 1.89 bits per heavy atom. The quantitative estimate of drug-likeness (QED) is 0.611. The maximum absolute atomic E-state index is 12.0. The van der Waals surface area contributed by atoms with Crippen LogP contribution in [0.4, 0.5) is 0 Å². The molecule has 0 aromatic carbocycles. The minimum Gasteiger partial charge on any atom is -0.463 e. The largest absolute Gasteiger partial charge is 0.463 e. The average Bonchev–Trinajstić information content (AvgIpc) is 2.87. The van der Waals surface area contributed by atoms with Gasteiger partial charge in [0.05, 0.1) is 7.11 Å². The summed E-state index contributed by atoms with van der Waals surface area (Å²) in [5, 5.41) is 0. The summed E-state index contributed by atoms with van der Waals surface area (Å²) in [6.45, 7) is 1.83. The Morgan fingerprint density at radius 3 is 2.50 bits per heavy atom. The van der Waals surface area contributed by atoms with Crippen LogP contribution in [0.5, 0.6) is 0 Å². The van der Waals surface area contributed by atoms with Crippen molar-refractivity contribution in [1.82, 2.24) is 4.98 Å². The number of ether oxygens (including phenoxy) is 1. The van der Waals surface area contributed by atoms with Gasteiger partial charge in [-0.25, -0.2) is 4.79 Å². The molecule has 18 heavy (non-hydrogen) atoms. The van der Waals surface area contributed by atoms with Crippen molar-refractivity contribution in [1.29, 1.82) is 0 Å². The molecule has 0 atom stereocenters. The first-order valence-electron chi connectivity index (χ1n) is 5.27. The minimum atomic E-state index is -0.615. The van der Waals surface area contributed by atoms with Gasteiger partial charge in [0.15, 0.2) is 5.76 Å². The predicted octanol–water partition coefficient (Wildman–Crippen LogP) is 2.00. The molecular weight excluding hydrogens is 234 g/mol. The van der Waals surface area contributed by atoms with Crippen molar-refractivity contribution < 1.29 is 18.7 Å². The summed E-state index contributed by atoms with van der Waals surface area (Å²) in [6, 6.07) is 6.23. The first kappa shape index (κ1) is 12.0. The number of rotatable bonds is 3. The molecular formula is C13H11NO4. The van der Waals surface area contributed by atoms with Crippen LogP contribution in [-0.2, 0) is 4.74 Å². The number of nitrogens with zero attached hydrogens (tertiary/aromatic N) is 1. The van der Waals surface area contributed by atoms with E-state index in [1.165, 1.54) is 25.4 Å². The number of esters is 1. The molecule has 0 aliphatic heterocycles. The molecule has 0 aliphatic rings. The van der Waals surface area contributed by atoms with Crippen LogP contribution in [0, 0.1) is 6.92 Å². The maximum Gasteiger partial charge on any atom is 0.373 e. The number of aryl methyl sites for hydroxylation is 1. The van der Waals surface area contributed by atoms with Crippen molar-refractivity contribution in [3.05, 3.63) is 53.2 Å².